The molecule has 1 heteroatoms. The molecule has 0 spiro atoms. The van der Waals surface area contributed by atoms with Crippen molar-refractivity contribution in [3.8, 4) is 12.3 Å². The fraction of sp³-hybridized carbons (Fsp3) is 0.700. The van der Waals surface area contributed by atoms with Gasteiger partial charge in [0, 0.05) is 18.7 Å². The van der Waals surface area contributed by atoms with Gasteiger partial charge in [-0.15, -0.1) is 12.3 Å². The second-order valence-corrected chi connectivity index (χ2v) is 2.00. The first-order valence-electron chi connectivity index (χ1n) is 4.24. The lowest BCUT2D eigenvalue weighted by molar-refractivity contribution is 0.928. The molecule has 0 heterocycles. The molecule has 1 nitrogen and oxygen atoms in total. The molecule has 0 aromatic heterocycles. The number of aliphatic imine (C=N–C) groups is 1. The van der Waals surface area contributed by atoms with Crippen LogP contribution < -0.4 is 0 Å². The maximum atomic E-state index is 5.07. The molecule has 0 radical (unpaired) electrons. The van der Waals surface area contributed by atoms with Gasteiger partial charge in [-0.05, 0) is 13.3 Å². The number of hydrogen-bond donors (Lipinski definition) is 0. The van der Waals surface area contributed by atoms with E-state index in [2.05, 4.69) is 17.8 Å². The highest BCUT2D eigenvalue weighted by atomic mass is 14.7. The second-order valence-electron chi connectivity index (χ2n) is 2.00. The summed E-state index contributed by atoms with van der Waals surface area (Å²) in [5.74, 6) is 2.55. The Labute approximate surface area is 70.9 Å². The lowest BCUT2D eigenvalue weighted by Crippen LogP contribution is -1.90. The molecule has 0 atom stereocenters. The van der Waals surface area contributed by atoms with Crippen LogP contribution in [0.25, 0.3) is 0 Å². The molecule has 0 aromatic rings. The fourth-order valence-electron chi connectivity index (χ4n) is 0.506. The van der Waals surface area contributed by atoms with Gasteiger partial charge in [0.2, 0.25) is 0 Å². The van der Waals surface area contributed by atoms with Crippen LogP contribution in [0.15, 0.2) is 4.99 Å². The van der Waals surface area contributed by atoms with Crippen molar-refractivity contribution in [2.75, 3.05) is 6.54 Å². The molecule has 0 aliphatic rings. The molecule has 0 saturated carbocycles. The van der Waals surface area contributed by atoms with Crippen molar-refractivity contribution in [2.45, 2.75) is 40.5 Å². The average Bonchev–Trinajstić information content (AvgIpc) is 2.05. The van der Waals surface area contributed by atoms with Crippen molar-refractivity contribution < 1.29 is 0 Å². The summed E-state index contributed by atoms with van der Waals surface area (Å²) in [6, 6.07) is 0. The molecule has 0 aliphatic carbocycles. The van der Waals surface area contributed by atoms with Crippen LogP contribution in [0.1, 0.15) is 40.5 Å². The standard InChI is InChI=1S/C8H13N.C2H6/c1-4-6-8(3)9-7-5-2;1-2/h1H,5-7H2,2-3H3;1-2H3. The van der Waals surface area contributed by atoms with Gasteiger partial charge in [0.25, 0.3) is 0 Å². The first kappa shape index (κ1) is 12.9. The summed E-state index contributed by atoms with van der Waals surface area (Å²) in [5.41, 5.74) is 1.07. The van der Waals surface area contributed by atoms with E-state index in [4.69, 9.17) is 6.42 Å². The van der Waals surface area contributed by atoms with Crippen LogP contribution in [0.3, 0.4) is 0 Å². The Bertz CT molecular complexity index is 128. The smallest absolute Gasteiger partial charge is 0.0464 e. The van der Waals surface area contributed by atoms with Gasteiger partial charge in [-0.2, -0.15) is 0 Å². The SMILES string of the molecule is C#CCC(C)=NCCC.CC. The molecule has 11 heavy (non-hydrogen) atoms. The summed E-state index contributed by atoms with van der Waals surface area (Å²) in [7, 11) is 0. The van der Waals surface area contributed by atoms with Gasteiger partial charge in [-0.25, -0.2) is 0 Å². The lowest BCUT2D eigenvalue weighted by Gasteiger charge is -1.91. The average molecular weight is 153 g/mol. The number of hydrogen-bond acceptors (Lipinski definition) is 1. The van der Waals surface area contributed by atoms with Gasteiger partial charge >= 0.3 is 0 Å². The Morgan fingerprint density at radius 3 is 2.36 bits per heavy atom. The lowest BCUT2D eigenvalue weighted by atomic mass is 10.3. The summed E-state index contributed by atoms with van der Waals surface area (Å²) in [4.78, 5) is 4.21. The van der Waals surface area contributed by atoms with Crippen LogP contribution >= 0.6 is 0 Å². The van der Waals surface area contributed by atoms with Crippen LogP contribution in [0.2, 0.25) is 0 Å². The topological polar surface area (TPSA) is 12.4 Å². The summed E-state index contributed by atoms with van der Waals surface area (Å²) < 4.78 is 0. The molecule has 64 valence electrons. The molecule has 0 aliphatic heterocycles. The molecule has 0 amide bonds. The second kappa shape index (κ2) is 12.0. The van der Waals surface area contributed by atoms with E-state index in [9.17, 15) is 0 Å². The van der Waals surface area contributed by atoms with E-state index in [0.717, 1.165) is 18.7 Å². The third kappa shape index (κ3) is 12.4. The van der Waals surface area contributed by atoms with Crippen molar-refractivity contribution in [1.82, 2.24) is 0 Å². The Morgan fingerprint density at radius 2 is 2.00 bits per heavy atom. The minimum absolute atomic E-state index is 0.694. The Kier molecular flexibility index (Phi) is 14.0. The maximum absolute atomic E-state index is 5.07. The largest absolute Gasteiger partial charge is 0.293 e. The van der Waals surface area contributed by atoms with Gasteiger partial charge in [0.15, 0.2) is 0 Å². The van der Waals surface area contributed by atoms with E-state index in [1.54, 1.807) is 0 Å². The highest BCUT2D eigenvalue weighted by Gasteiger charge is 1.83. The minimum atomic E-state index is 0.694. The Hall–Kier alpha value is -0.770. The van der Waals surface area contributed by atoms with Crippen molar-refractivity contribution in [3.05, 3.63) is 0 Å². The molecule has 0 N–H and O–H groups in total. The molecule has 0 fully saturated rings. The molecule has 0 saturated heterocycles. The van der Waals surface area contributed by atoms with E-state index in [-0.39, 0.29) is 0 Å². The number of terminal acetylenes is 1. The zero-order valence-electron chi connectivity index (χ0n) is 8.15. The van der Waals surface area contributed by atoms with E-state index in [0.29, 0.717) is 6.42 Å². The zero-order chi connectivity index (χ0) is 9.11. The third-order valence-corrected chi connectivity index (χ3v) is 0.963. The Balaban J connectivity index is 0. The summed E-state index contributed by atoms with van der Waals surface area (Å²) in [5, 5.41) is 0. The van der Waals surface area contributed by atoms with Crippen LogP contribution in [0.5, 0.6) is 0 Å². The molecular weight excluding hydrogens is 134 g/mol. The van der Waals surface area contributed by atoms with Crippen LogP contribution in [0.4, 0.5) is 0 Å². The van der Waals surface area contributed by atoms with Gasteiger partial charge in [0.1, 0.15) is 0 Å². The summed E-state index contributed by atoms with van der Waals surface area (Å²) in [6.45, 7) is 8.98. The van der Waals surface area contributed by atoms with Crippen molar-refractivity contribution >= 4 is 5.71 Å². The van der Waals surface area contributed by atoms with E-state index in [1.807, 2.05) is 20.8 Å². The Morgan fingerprint density at radius 1 is 1.45 bits per heavy atom. The monoisotopic (exact) mass is 153 g/mol. The highest BCUT2D eigenvalue weighted by Crippen LogP contribution is 1.85. The predicted molar refractivity (Wildman–Crippen MR) is 53.1 cm³/mol. The zero-order valence-corrected chi connectivity index (χ0v) is 8.15. The van der Waals surface area contributed by atoms with Crippen LogP contribution in [-0.4, -0.2) is 12.3 Å². The van der Waals surface area contributed by atoms with Gasteiger partial charge in [0.05, 0.1) is 0 Å². The maximum Gasteiger partial charge on any atom is 0.0464 e. The quantitative estimate of drug-likeness (QED) is 0.436. The first-order chi connectivity index (χ1) is 5.31. The van der Waals surface area contributed by atoms with Crippen LogP contribution in [-0.2, 0) is 0 Å². The summed E-state index contributed by atoms with van der Waals surface area (Å²) >= 11 is 0. The molecule has 0 bridgehead atoms. The first-order valence-corrected chi connectivity index (χ1v) is 4.24. The van der Waals surface area contributed by atoms with Crippen molar-refractivity contribution in [3.63, 3.8) is 0 Å². The van der Waals surface area contributed by atoms with Crippen LogP contribution in [0, 0.1) is 12.3 Å². The van der Waals surface area contributed by atoms with E-state index >= 15 is 0 Å². The predicted octanol–water partition coefficient (Wildman–Crippen LogP) is 2.91. The minimum Gasteiger partial charge on any atom is -0.293 e. The highest BCUT2D eigenvalue weighted by molar-refractivity contribution is 5.83. The molecule has 0 aromatic carbocycles. The summed E-state index contributed by atoms with van der Waals surface area (Å²) in [6.07, 6.45) is 6.86. The molecule has 0 rings (SSSR count). The van der Waals surface area contributed by atoms with Gasteiger partial charge in [-0.3, -0.25) is 4.99 Å². The van der Waals surface area contributed by atoms with Gasteiger partial charge < -0.3 is 0 Å². The van der Waals surface area contributed by atoms with Crippen molar-refractivity contribution in [1.29, 1.82) is 0 Å². The molecule has 0 unspecified atom stereocenters. The van der Waals surface area contributed by atoms with E-state index in [1.165, 1.54) is 0 Å². The number of nitrogens with zero attached hydrogens (tertiary/aromatic N) is 1. The fourth-order valence-corrected chi connectivity index (χ4v) is 0.506. The third-order valence-electron chi connectivity index (χ3n) is 0.963. The van der Waals surface area contributed by atoms with Gasteiger partial charge in [-0.1, -0.05) is 20.8 Å². The van der Waals surface area contributed by atoms with E-state index < -0.39 is 0 Å². The number of rotatable bonds is 3. The normalized spacial score (nSPS) is 9.55. The molecular formula is C10H19N. The van der Waals surface area contributed by atoms with Crippen molar-refractivity contribution in [2.24, 2.45) is 4.99 Å².